The lowest BCUT2D eigenvalue weighted by atomic mass is 9.90. The van der Waals surface area contributed by atoms with E-state index in [1.807, 2.05) is 13.8 Å². The molecule has 0 bridgehead atoms. The predicted molar refractivity (Wildman–Crippen MR) is 75.7 cm³/mol. The number of pyridine rings is 1. The topological polar surface area (TPSA) is 65.4 Å². The first-order valence-electron chi connectivity index (χ1n) is 6.61. The Kier molecular flexibility index (Phi) is 5.67. The van der Waals surface area contributed by atoms with Crippen LogP contribution in [-0.2, 0) is 27.8 Å². The summed E-state index contributed by atoms with van der Waals surface area (Å²) in [7, 11) is 2.93. The molecule has 0 spiro atoms. The smallest absolute Gasteiger partial charge is 0.313 e. The molecule has 0 saturated heterocycles. The molecule has 0 aromatic carbocycles. The standard InChI is InChI=1S/C15H21NO4/c1-10(2)7-13(15(19)20-4)12-8-11(5-6-17)9-16(3)14(12)18/h6,8-10,13H,5,7H2,1-4H3/t13-/m0/s1. The molecule has 0 aliphatic rings. The van der Waals surface area contributed by atoms with Crippen molar-refractivity contribution in [3.05, 3.63) is 33.7 Å². The first-order chi connectivity index (χ1) is 9.40. The van der Waals surface area contributed by atoms with Crippen molar-refractivity contribution in [3.63, 3.8) is 0 Å². The van der Waals surface area contributed by atoms with E-state index in [4.69, 9.17) is 4.74 Å². The third-order valence-corrected chi connectivity index (χ3v) is 3.15. The van der Waals surface area contributed by atoms with Gasteiger partial charge in [-0.25, -0.2) is 0 Å². The van der Waals surface area contributed by atoms with Crippen molar-refractivity contribution in [2.24, 2.45) is 13.0 Å². The Morgan fingerprint density at radius 2 is 2.10 bits per heavy atom. The lowest BCUT2D eigenvalue weighted by molar-refractivity contribution is -0.142. The minimum atomic E-state index is -0.592. The number of aromatic nitrogens is 1. The van der Waals surface area contributed by atoms with Gasteiger partial charge in [0.1, 0.15) is 6.29 Å². The third-order valence-electron chi connectivity index (χ3n) is 3.15. The van der Waals surface area contributed by atoms with Crippen LogP contribution < -0.4 is 5.56 Å². The van der Waals surface area contributed by atoms with Crippen molar-refractivity contribution in [1.82, 2.24) is 4.57 Å². The zero-order valence-electron chi connectivity index (χ0n) is 12.4. The Balaban J connectivity index is 3.34. The van der Waals surface area contributed by atoms with E-state index in [2.05, 4.69) is 0 Å². The molecule has 1 atom stereocenters. The van der Waals surface area contributed by atoms with Crippen molar-refractivity contribution in [2.45, 2.75) is 32.6 Å². The average Bonchev–Trinajstić information content (AvgIpc) is 2.39. The fourth-order valence-electron chi connectivity index (χ4n) is 2.23. The van der Waals surface area contributed by atoms with Crippen molar-refractivity contribution in [1.29, 1.82) is 0 Å². The number of hydrogen-bond acceptors (Lipinski definition) is 4. The Morgan fingerprint density at radius 1 is 1.45 bits per heavy atom. The molecule has 0 N–H and O–H groups in total. The van der Waals surface area contributed by atoms with E-state index >= 15 is 0 Å². The summed E-state index contributed by atoms with van der Waals surface area (Å²) in [5.41, 5.74) is 0.887. The van der Waals surface area contributed by atoms with E-state index in [1.165, 1.54) is 11.7 Å². The van der Waals surface area contributed by atoms with E-state index in [1.54, 1.807) is 19.3 Å². The number of rotatable bonds is 6. The summed E-state index contributed by atoms with van der Waals surface area (Å²) in [6.07, 6.45) is 3.15. The summed E-state index contributed by atoms with van der Waals surface area (Å²) < 4.78 is 6.21. The molecule has 5 nitrogen and oxygen atoms in total. The van der Waals surface area contributed by atoms with Gasteiger partial charge in [0.05, 0.1) is 13.0 Å². The maximum atomic E-state index is 12.2. The van der Waals surface area contributed by atoms with E-state index in [0.717, 1.165) is 11.8 Å². The summed E-state index contributed by atoms with van der Waals surface area (Å²) in [4.78, 5) is 34.8. The minimum Gasteiger partial charge on any atom is -0.469 e. The number of ether oxygens (including phenoxy) is 1. The highest BCUT2D eigenvalue weighted by molar-refractivity contribution is 5.78. The minimum absolute atomic E-state index is 0.219. The van der Waals surface area contributed by atoms with Crippen molar-refractivity contribution in [3.8, 4) is 0 Å². The fourth-order valence-corrected chi connectivity index (χ4v) is 2.23. The van der Waals surface area contributed by atoms with Crippen LogP contribution in [0.5, 0.6) is 0 Å². The second-order valence-corrected chi connectivity index (χ2v) is 5.30. The van der Waals surface area contributed by atoms with Gasteiger partial charge in [0, 0.05) is 25.2 Å². The van der Waals surface area contributed by atoms with Crippen molar-refractivity contribution < 1.29 is 14.3 Å². The largest absolute Gasteiger partial charge is 0.469 e. The molecular formula is C15H21NO4. The molecule has 1 aromatic rings. The van der Waals surface area contributed by atoms with Crippen LogP contribution in [0.3, 0.4) is 0 Å². The number of carbonyl (C=O) groups excluding carboxylic acids is 2. The zero-order valence-corrected chi connectivity index (χ0v) is 12.4. The maximum absolute atomic E-state index is 12.2. The van der Waals surface area contributed by atoms with Gasteiger partial charge in [-0.2, -0.15) is 0 Å². The Bertz CT molecular complexity index is 545. The molecule has 0 unspecified atom stereocenters. The van der Waals surface area contributed by atoms with E-state index in [-0.39, 0.29) is 17.9 Å². The summed E-state index contributed by atoms with van der Waals surface area (Å²) in [6.45, 7) is 3.96. The van der Waals surface area contributed by atoms with Gasteiger partial charge in [-0.3, -0.25) is 9.59 Å². The number of esters is 1. The maximum Gasteiger partial charge on any atom is 0.313 e. The first-order valence-corrected chi connectivity index (χ1v) is 6.61. The highest BCUT2D eigenvalue weighted by Crippen LogP contribution is 2.23. The number of hydrogen-bond donors (Lipinski definition) is 0. The molecule has 0 amide bonds. The van der Waals surface area contributed by atoms with Crippen LogP contribution in [0.2, 0.25) is 0 Å². The highest BCUT2D eigenvalue weighted by Gasteiger charge is 2.26. The molecule has 110 valence electrons. The fraction of sp³-hybridized carbons (Fsp3) is 0.533. The van der Waals surface area contributed by atoms with Crippen molar-refractivity contribution >= 4 is 12.3 Å². The predicted octanol–water partition coefficient (Wildman–Crippen LogP) is 1.43. The molecule has 1 aromatic heterocycles. The monoisotopic (exact) mass is 279 g/mol. The normalized spacial score (nSPS) is 12.2. The molecular weight excluding hydrogens is 258 g/mol. The van der Waals surface area contributed by atoms with Gasteiger partial charge in [0.25, 0.3) is 5.56 Å². The quantitative estimate of drug-likeness (QED) is 0.583. The lowest BCUT2D eigenvalue weighted by Gasteiger charge is -2.18. The SMILES string of the molecule is COC(=O)[C@@H](CC(C)C)c1cc(CC=O)cn(C)c1=O. The average molecular weight is 279 g/mol. The van der Waals surface area contributed by atoms with E-state index < -0.39 is 11.9 Å². The molecule has 20 heavy (non-hydrogen) atoms. The Labute approximate surface area is 118 Å². The molecule has 5 heteroatoms. The summed E-state index contributed by atoms with van der Waals surface area (Å²) >= 11 is 0. The number of carbonyl (C=O) groups is 2. The second-order valence-electron chi connectivity index (χ2n) is 5.30. The van der Waals surface area contributed by atoms with Gasteiger partial charge in [0.15, 0.2) is 0 Å². The number of nitrogens with zero attached hydrogens (tertiary/aromatic N) is 1. The Hall–Kier alpha value is -1.91. The molecule has 0 aliphatic heterocycles. The summed E-state index contributed by atoms with van der Waals surface area (Å²) in [6, 6.07) is 1.64. The van der Waals surface area contributed by atoms with Gasteiger partial charge in [-0.15, -0.1) is 0 Å². The van der Waals surface area contributed by atoms with Crippen LogP contribution >= 0.6 is 0 Å². The zero-order chi connectivity index (χ0) is 15.3. The molecule has 1 rings (SSSR count). The molecule has 0 saturated carbocycles. The first kappa shape index (κ1) is 16.1. The Morgan fingerprint density at radius 3 is 2.60 bits per heavy atom. The van der Waals surface area contributed by atoms with Crippen LogP contribution in [0, 0.1) is 5.92 Å². The van der Waals surface area contributed by atoms with Crippen LogP contribution in [0.4, 0.5) is 0 Å². The van der Waals surface area contributed by atoms with Gasteiger partial charge >= 0.3 is 5.97 Å². The molecule has 1 heterocycles. The van der Waals surface area contributed by atoms with Crippen LogP contribution in [0.25, 0.3) is 0 Å². The molecule has 0 aliphatic carbocycles. The van der Waals surface area contributed by atoms with Gasteiger partial charge in [-0.1, -0.05) is 13.8 Å². The highest BCUT2D eigenvalue weighted by atomic mass is 16.5. The number of aldehydes is 1. The van der Waals surface area contributed by atoms with Gasteiger partial charge in [-0.05, 0) is 24.0 Å². The molecule has 0 radical (unpaired) electrons. The van der Waals surface area contributed by atoms with E-state index in [0.29, 0.717) is 12.0 Å². The number of methoxy groups -OCH3 is 1. The van der Waals surface area contributed by atoms with Gasteiger partial charge in [0.2, 0.25) is 0 Å². The van der Waals surface area contributed by atoms with Crippen LogP contribution in [-0.4, -0.2) is 23.9 Å². The van der Waals surface area contributed by atoms with Crippen molar-refractivity contribution in [2.75, 3.05) is 7.11 Å². The number of aryl methyl sites for hydroxylation is 1. The summed E-state index contributed by atoms with van der Waals surface area (Å²) in [5, 5.41) is 0. The van der Waals surface area contributed by atoms with Gasteiger partial charge < -0.3 is 14.1 Å². The van der Waals surface area contributed by atoms with Crippen LogP contribution in [0.1, 0.15) is 37.3 Å². The lowest BCUT2D eigenvalue weighted by Crippen LogP contribution is -2.28. The van der Waals surface area contributed by atoms with Crippen LogP contribution in [0.15, 0.2) is 17.1 Å². The second kappa shape index (κ2) is 7.03. The third kappa shape index (κ3) is 3.79. The summed E-state index contributed by atoms with van der Waals surface area (Å²) in [5.74, 6) is -0.761. The molecule has 0 fully saturated rings. The van der Waals surface area contributed by atoms with E-state index in [9.17, 15) is 14.4 Å².